The first-order valence-corrected chi connectivity index (χ1v) is 9.68. The van der Waals surface area contributed by atoms with Crippen LogP contribution < -0.4 is 14.8 Å². The zero-order valence-corrected chi connectivity index (χ0v) is 17.1. The number of halogens is 2. The fraction of sp³-hybridized carbons (Fsp3) is 0.0870. The van der Waals surface area contributed by atoms with E-state index < -0.39 is 0 Å². The van der Waals surface area contributed by atoms with E-state index in [1.807, 2.05) is 54.6 Å². The topological polar surface area (TPSA) is 47.6 Å². The van der Waals surface area contributed by atoms with E-state index in [-0.39, 0.29) is 12.5 Å². The van der Waals surface area contributed by atoms with Crippen molar-refractivity contribution >= 4 is 46.4 Å². The summed E-state index contributed by atoms with van der Waals surface area (Å²) in [4.78, 5) is 12.3. The Balaban J connectivity index is 1.58. The Hall–Kier alpha value is -2.95. The van der Waals surface area contributed by atoms with E-state index >= 15 is 0 Å². The molecule has 0 unspecified atom stereocenters. The van der Waals surface area contributed by atoms with E-state index in [2.05, 4.69) is 5.32 Å². The highest BCUT2D eigenvalue weighted by molar-refractivity contribution is 6.35. The minimum atomic E-state index is -0.122. The van der Waals surface area contributed by atoms with Gasteiger partial charge < -0.3 is 14.8 Å². The average molecular weight is 426 g/mol. The molecule has 0 bridgehead atoms. The first-order chi connectivity index (χ1) is 14.0. The molecule has 0 spiro atoms. The van der Waals surface area contributed by atoms with Crippen LogP contribution in [0.2, 0.25) is 10.0 Å². The standard InChI is InChI=1S/C23H17Cl2NO3/c1-28-22-11-14(10-18-17-4-2-3-5-20(17)26-23(18)27)6-9-21(22)29-13-15-7-8-16(24)12-19(15)25/h2-12H,13H2,1H3,(H,26,27). The molecule has 146 valence electrons. The number of carbonyl (C=O) groups is 1. The summed E-state index contributed by atoms with van der Waals surface area (Å²) in [6, 6.07) is 18.4. The third-order valence-electron chi connectivity index (χ3n) is 4.61. The Morgan fingerprint density at radius 1 is 1.00 bits per heavy atom. The second-order valence-electron chi connectivity index (χ2n) is 6.49. The summed E-state index contributed by atoms with van der Waals surface area (Å²) in [5.74, 6) is 1.02. The summed E-state index contributed by atoms with van der Waals surface area (Å²) in [5, 5.41) is 3.99. The largest absolute Gasteiger partial charge is 0.493 e. The number of para-hydroxylation sites is 1. The quantitative estimate of drug-likeness (QED) is 0.504. The number of amides is 1. The van der Waals surface area contributed by atoms with Gasteiger partial charge in [-0.05, 0) is 42.0 Å². The van der Waals surface area contributed by atoms with Gasteiger partial charge in [0.05, 0.1) is 7.11 Å². The molecule has 3 aromatic rings. The summed E-state index contributed by atoms with van der Waals surface area (Å²) < 4.78 is 11.4. The molecule has 4 rings (SSSR count). The molecule has 1 aliphatic heterocycles. The highest BCUT2D eigenvalue weighted by Crippen LogP contribution is 2.35. The van der Waals surface area contributed by atoms with E-state index in [1.165, 1.54) is 0 Å². The lowest BCUT2D eigenvalue weighted by atomic mass is 10.0. The van der Waals surface area contributed by atoms with E-state index in [1.54, 1.807) is 19.2 Å². The molecule has 0 saturated heterocycles. The second-order valence-corrected chi connectivity index (χ2v) is 7.34. The SMILES string of the molecule is COc1cc(C=C2C(=O)Nc3ccccc32)ccc1OCc1ccc(Cl)cc1Cl. The summed E-state index contributed by atoms with van der Waals surface area (Å²) in [6.07, 6.45) is 1.84. The van der Waals surface area contributed by atoms with Gasteiger partial charge >= 0.3 is 0 Å². The molecule has 0 atom stereocenters. The number of ether oxygens (including phenoxy) is 2. The lowest BCUT2D eigenvalue weighted by Crippen LogP contribution is -2.03. The number of fused-ring (bicyclic) bond motifs is 1. The fourth-order valence-electron chi connectivity index (χ4n) is 3.14. The fourth-order valence-corrected chi connectivity index (χ4v) is 3.60. The monoisotopic (exact) mass is 425 g/mol. The summed E-state index contributed by atoms with van der Waals surface area (Å²) in [6.45, 7) is 0.280. The van der Waals surface area contributed by atoms with Crippen molar-refractivity contribution in [1.82, 2.24) is 0 Å². The van der Waals surface area contributed by atoms with Crippen molar-refractivity contribution in [2.75, 3.05) is 12.4 Å². The minimum Gasteiger partial charge on any atom is -0.493 e. The first kappa shape index (κ1) is 19.4. The van der Waals surface area contributed by atoms with Gasteiger partial charge in [0.15, 0.2) is 11.5 Å². The van der Waals surface area contributed by atoms with Crippen LogP contribution in [0.3, 0.4) is 0 Å². The number of anilines is 1. The predicted octanol–water partition coefficient (Wildman–Crippen LogP) is 6.07. The third-order valence-corrected chi connectivity index (χ3v) is 5.19. The first-order valence-electron chi connectivity index (χ1n) is 8.92. The molecule has 6 heteroatoms. The molecule has 0 radical (unpaired) electrons. The minimum absolute atomic E-state index is 0.122. The molecular weight excluding hydrogens is 409 g/mol. The smallest absolute Gasteiger partial charge is 0.256 e. The Labute approximate surface area is 178 Å². The van der Waals surface area contributed by atoms with Crippen molar-refractivity contribution in [2.24, 2.45) is 0 Å². The molecule has 0 saturated carbocycles. The zero-order valence-electron chi connectivity index (χ0n) is 15.5. The van der Waals surface area contributed by atoms with Gasteiger partial charge in [-0.2, -0.15) is 0 Å². The van der Waals surface area contributed by atoms with Crippen LogP contribution in [0, 0.1) is 0 Å². The average Bonchev–Trinajstić information content (AvgIpc) is 3.03. The van der Waals surface area contributed by atoms with E-state index in [0.717, 1.165) is 22.4 Å². The van der Waals surface area contributed by atoms with Gasteiger partial charge in [-0.15, -0.1) is 0 Å². The molecule has 29 heavy (non-hydrogen) atoms. The summed E-state index contributed by atoms with van der Waals surface area (Å²) in [5.41, 5.74) is 3.97. The molecule has 3 aromatic carbocycles. The molecule has 1 amide bonds. The van der Waals surface area contributed by atoms with Gasteiger partial charge in [-0.1, -0.05) is 53.5 Å². The van der Waals surface area contributed by atoms with Crippen LogP contribution in [0.1, 0.15) is 16.7 Å². The second kappa shape index (κ2) is 8.19. The summed E-state index contributed by atoms with van der Waals surface area (Å²) in [7, 11) is 1.58. The Morgan fingerprint density at radius 2 is 1.83 bits per heavy atom. The van der Waals surface area contributed by atoms with Gasteiger partial charge in [-0.25, -0.2) is 0 Å². The Kier molecular flexibility index (Phi) is 5.47. The molecule has 4 nitrogen and oxygen atoms in total. The Bertz CT molecular complexity index is 1120. The molecule has 1 heterocycles. The number of nitrogens with one attached hydrogen (secondary N) is 1. The van der Waals surface area contributed by atoms with Gasteiger partial charge in [0, 0.05) is 32.4 Å². The van der Waals surface area contributed by atoms with Crippen LogP contribution in [0.4, 0.5) is 5.69 Å². The number of benzene rings is 3. The number of rotatable bonds is 5. The third kappa shape index (κ3) is 4.09. The van der Waals surface area contributed by atoms with Crippen LogP contribution in [0.5, 0.6) is 11.5 Å². The van der Waals surface area contributed by atoms with Gasteiger partial charge in [-0.3, -0.25) is 4.79 Å². The van der Waals surface area contributed by atoms with E-state index in [0.29, 0.717) is 27.1 Å². The van der Waals surface area contributed by atoms with Crippen molar-refractivity contribution in [1.29, 1.82) is 0 Å². The molecule has 0 fully saturated rings. The van der Waals surface area contributed by atoms with E-state index in [9.17, 15) is 4.79 Å². The zero-order chi connectivity index (χ0) is 20.4. The van der Waals surface area contributed by atoms with Gasteiger partial charge in [0.1, 0.15) is 6.61 Å². The van der Waals surface area contributed by atoms with Gasteiger partial charge in [0.25, 0.3) is 5.91 Å². The number of carbonyl (C=O) groups excluding carboxylic acids is 1. The van der Waals surface area contributed by atoms with Crippen LogP contribution in [-0.4, -0.2) is 13.0 Å². The molecule has 1 N–H and O–H groups in total. The molecule has 0 aromatic heterocycles. The van der Waals surface area contributed by atoms with Gasteiger partial charge in [0.2, 0.25) is 0 Å². The highest BCUT2D eigenvalue weighted by Gasteiger charge is 2.23. The maximum atomic E-state index is 12.3. The predicted molar refractivity (Wildman–Crippen MR) is 117 cm³/mol. The molecule has 0 aliphatic carbocycles. The van der Waals surface area contributed by atoms with Crippen LogP contribution in [0.25, 0.3) is 11.6 Å². The lowest BCUT2D eigenvalue weighted by molar-refractivity contribution is -0.110. The lowest BCUT2D eigenvalue weighted by Gasteiger charge is -2.12. The van der Waals surface area contributed by atoms with Crippen molar-refractivity contribution in [3.63, 3.8) is 0 Å². The summed E-state index contributed by atoms with van der Waals surface area (Å²) >= 11 is 12.1. The number of hydrogen-bond donors (Lipinski definition) is 1. The number of hydrogen-bond acceptors (Lipinski definition) is 3. The molecule has 1 aliphatic rings. The maximum absolute atomic E-state index is 12.3. The number of methoxy groups -OCH3 is 1. The Morgan fingerprint density at radius 3 is 2.62 bits per heavy atom. The molecular formula is C23H17Cl2NO3. The maximum Gasteiger partial charge on any atom is 0.256 e. The van der Waals surface area contributed by atoms with Crippen LogP contribution in [-0.2, 0) is 11.4 Å². The van der Waals surface area contributed by atoms with Crippen LogP contribution in [0.15, 0.2) is 60.7 Å². The van der Waals surface area contributed by atoms with Crippen molar-refractivity contribution < 1.29 is 14.3 Å². The normalized spacial score (nSPS) is 13.9. The van der Waals surface area contributed by atoms with E-state index in [4.69, 9.17) is 32.7 Å². The van der Waals surface area contributed by atoms with Crippen molar-refractivity contribution in [2.45, 2.75) is 6.61 Å². The highest BCUT2D eigenvalue weighted by atomic mass is 35.5. The van der Waals surface area contributed by atoms with Crippen molar-refractivity contribution in [3.8, 4) is 11.5 Å². The van der Waals surface area contributed by atoms with Crippen LogP contribution >= 0.6 is 23.2 Å². The van der Waals surface area contributed by atoms with Crippen molar-refractivity contribution in [3.05, 3.63) is 87.4 Å².